The predicted octanol–water partition coefficient (Wildman–Crippen LogP) is 3.26. The Morgan fingerprint density at radius 2 is 1.79 bits per heavy atom. The van der Waals surface area contributed by atoms with Gasteiger partial charge in [0.15, 0.2) is 0 Å². The zero-order chi connectivity index (χ0) is 13.3. The summed E-state index contributed by atoms with van der Waals surface area (Å²) in [7, 11) is 2.36. The van der Waals surface area contributed by atoms with Crippen LogP contribution in [0, 0.1) is 5.41 Å². The van der Waals surface area contributed by atoms with E-state index in [-0.39, 0.29) is 0 Å². The minimum atomic E-state index is 0.323. The van der Waals surface area contributed by atoms with E-state index in [2.05, 4.69) is 23.7 Å². The molecule has 2 saturated carbocycles. The Kier molecular flexibility index (Phi) is 4.17. The van der Waals surface area contributed by atoms with E-state index in [0.29, 0.717) is 5.54 Å². The Morgan fingerprint density at radius 1 is 1.11 bits per heavy atom. The van der Waals surface area contributed by atoms with Crippen molar-refractivity contribution in [1.82, 2.24) is 4.90 Å². The lowest BCUT2D eigenvalue weighted by Crippen LogP contribution is -2.58. The Hall–Kier alpha value is 0.270. The Morgan fingerprint density at radius 3 is 2.32 bits per heavy atom. The number of thioether (sulfide) groups is 1. The fraction of sp³-hybridized carbons (Fsp3) is 1.00. The van der Waals surface area contributed by atoms with Gasteiger partial charge in [-0.05, 0) is 63.2 Å². The van der Waals surface area contributed by atoms with Gasteiger partial charge in [0.2, 0.25) is 0 Å². The van der Waals surface area contributed by atoms with Gasteiger partial charge in [0.05, 0.1) is 0 Å². The highest BCUT2D eigenvalue weighted by molar-refractivity contribution is 7.99. The van der Waals surface area contributed by atoms with Crippen LogP contribution in [0.5, 0.6) is 0 Å². The Balaban J connectivity index is 1.67. The van der Waals surface area contributed by atoms with Gasteiger partial charge in [-0.2, -0.15) is 11.8 Å². The quantitative estimate of drug-likeness (QED) is 0.861. The first-order valence-electron chi connectivity index (χ1n) is 8.21. The summed E-state index contributed by atoms with van der Waals surface area (Å²) in [6.45, 7) is 0.862. The molecule has 0 aromatic rings. The molecule has 3 rings (SSSR count). The molecule has 1 saturated heterocycles. The topological polar surface area (TPSA) is 29.3 Å². The molecule has 1 unspecified atom stereocenters. The van der Waals surface area contributed by atoms with Crippen LogP contribution >= 0.6 is 11.8 Å². The first-order chi connectivity index (χ1) is 9.20. The van der Waals surface area contributed by atoms with Crippen LogP contribution in [0.2, 0.25) is 0 Å². The molecule has 3 aliphatic rings. The second-order valence-electron chi connectivity index (χ2n) is 7.26. The molecule has 3 heteroatoms. The van der Waals surface area contributed by atoms with Crippen molar-refractivity contribution in [3.63, 3.8) is 0 Å². The maximum absolute atomic E-state index is 6.25. The lowest BCUT2D eigenvalue weighted by atomic mass is 9.65. The van der Waals surface area contributed by atoms with Crippen LogP contribution in [0.4, 0.5) is 0 Å². The summed E-state index contributed by atoms with van der Waals surface area (Å²) in [6.07, 6.45) is 12.9. The van der Waals surface area contributed by atoms with Crippen molar-refractivity contribution in [2.75, 3.05) is 25.1 Å². The molecule has 1 atom stereocenters. The molecule has 3 fully saturated rings. The van der Waals surface area contributed by atoms with E-state index in [1.165, 1.54) is 69.3 Å². The molecule has 0 aromatic carbocycles. The standard InChI is InChI=1S/C16H30N2S/c1-18(14-4-11-19-12-14)16(13-17)9-7-15(8-10-16)5-2-3-6-15/h14H,2-13,17H2,1H3. The van der Waals surface area contributed by atoms with Gasteiger partial charge in [-0.1, -0.05) is 12.8 Å². The van der Waals surface area contributed by atoms with Crippen LogP contribution in [-0.2, 0) is 0 Å². The maximum atomic E-state index is 6.25. The fourth-order valence-electron chi connectivity index (χ4n) is 4.79. The molecule has 1 spiro atoms. The van der Waals surface area contributed by atoms with E-state index >= 15 is 0 Å². The molecular formula is C16H30N2S. The molecule has 2 N–H and O–H groups in total. The lowest BCUT2D eigenvalue weighted by Gasteiger charge is -2.51. The van der Waals surface area contributed by atoms with Gasteiger partial charge in [-0.15, -0.1) is 0 Å². The largest absolute Gasteiger partial charge is 0.329 e. The van der Waals surface area contributed by atoms with Gasteiger partial charge >= 0.3 is 0 Å². The van der Waals surface area contributed by atoms with E-state index in [9.17, 15) is 0 Å². The van der Waals surface area contributed by atoms with Crippen LogP contribution in [0.3, 0.4) is 0 Å². The zero-order valence-electron chi connectivity index (χ0n) is 12.5. The zero-order valence-corrected chi connectivity index (χ0v) is 13.3. The van der Waals surface area contributed by atoms with Crippen molar-refractivity contribution < 1.29 is 0 Å². The van der Waals surface area contributed by atoms with Gasteiger partial charge in [-0.25, -0.2) is 0 Å². The third-order valence-electron chi connectivity index (χ3n) is 6.49. The average molecular weight is 282 g/mol. The van der Waals surface area contributed by atoms with E-state index < -0.39 is 0 Å². The summed E-state index contributed by atoms with van der Waals surface area (Å²) in [5.41, 5.74) is 7.29. The van der Waals surface area contributed by atoms with Crippen molar-refractivity contribution in [3.05, 3.63) is 0 Å². The van der Waals surface area contributed by atoms with Gasteiger partial charge in [-0.3, -0.25) is 4.90 Å². The van der Waals surface area contributed by atoms with Gasteiger partial charge in [0.1, 0.15) is 0 Å². The van der Waals surface area contributed by atoms with Crippen LogP contribution < -0.4 is 5.73 Å². The fourth-order valence-corrected chi connectivity index (χ4v) is 6.05. The maximum Gasteiger partial charge on any atom is 0.0332 e. The molecule has 1 aliphatic heterocycles. The van der Waals surface area contributed by atoms with E-state index in [0.717, 1.165) is 18.0 Å². The van der Waals surface area contributed by atoms with Crippen LogP contribution in [0.15, 0.2) is 0 Å². The van der Waals surface area contributed by atoms with Crippen molar-refractivity contribution in [1.29, 1.82) is 0 Å². The molecule has 19 heavy (non-hydrogen) atoms. The van der Waals surface area contributed by atoms with E-state index in [1.807, 2.05) is 0 Å². The molecule has 2 nitrogen and oxygen atoms in total. The molecule has 110 valence electrons. The molecule has 0 amide bonds. The smallest absolute Gasteiger partial charge is 0.0332 e. The summed E-state index contributed by atoms with van der Waals surface area (Å²) >= 11 is 2.12. The number of likely N-dealkylation sites (N-methyl/N-ethyl adjacent to an activating group) is 1. The minimum Gasteiger partial charge on any atom is -0.329 e. The molecule has 1 heterocycles. The first kappa shape index (κ1) is 14.2. The molecule has 2 aliphatic carbocycles. The highest BCUT2D eigenvalue weighted by Gasteiger charge is 2.46. The summed E-state index contributed by atoms with van der Waals surface area (Å²) < 4.78 is 0. The number of hydrogen-bond acceptors (Lipinski definition) is 3. The first-order valence-corrected chi connectivity index (χ1v) is 9.36. The van der Waals surface area contributed by atoms with Crippen molar-refractivity contribution in [3.8, 4) is 0 Å². The highest BCUT2D eigenvalue weighted by Crippen LogP contribution is 2.52. The number of nitrogens with two attached hydrogens (primary N) is 1. The van der Waals surface area contributed by atoms with Crippen LogP contribution in [0.1, 0.15) is 57.8 Å². The predicted molar refractivity (Wildman–Crippen MR) is 84.6 cm³/mol. The molecule has 0 bridgehead atoms. The van der Waals surface area contributed by atoms with Crippen LogP contribution in [-0.4, -0.2) is 41.6 Å². The van der Waals surface area contributed by atoms with Crippen molar-refractivity contribution >= 4 is 11.8 Å². The SMILES string of the molecule is CN(C1CCSC1)C1(CN)CCC2(CCCC2)CC1. The summed E-state index contributed by atoms with van der Waals surface area (Å²) in [5.74, 6) is 2.67. The second kappa shape index (κ2) is 5.57. The normalized spacial score (nSPS) is 33.3. The third kappa shape index (κ3) is 2.58. The lowest BCUT2D eigenvalue weighted by molar-refractivity contribution is 0.0105. The monoisotopic (exact) mass is 282 g/mol. The minimum absolute atomic E-state index is 0.323. The van der Waals surface area contributed by atoms with Crippen molar-refractivity contribution in [2.45, 2.75) is 69.4 Å². The van der Waals surface area contributed by atoms with Crippen LogP contribution in [0.25, 0.3) is 0 Å². The molecular weight excluding hydrogens is 252 g/mol. The van der Waals surface area contributed by atoms with E-state index in [1.54, 1.807) is 0 Å². The summed E-state index contributed by atoms with van der Waals surface area (Å²) in [4.78, 5) is 2.69. The number of hydrogen-bond donors (Lipinski definition) is 1. The molecule has 0 radical (unpaired) electrons. The van der Waals surface area contributed by atoms with Gasteiger partial charge in [0, 0.05) is 23.9 Å². The number of rotatable bonds is 3. The average Bonchev–Trinajstić information content (AvgIpc) is 3.11. The Bertz CT molecular complexity index is 296. The number of nitrogens with zero attached hydrogens (tertiary/aromatic N) is 1. The summed E-state index contributed by atoms with van der Waals surface area (Å²) in [5, 5.41) is 0. The van der Waals surface area contributed by atoms with Gasteiger partial charge in [0.25, 0.3) is 0 Å². The molecule has 0 aromatic heterocycles. The third-order valence-corrected chi connectivity index (χ3v) is 7.63. The van der Waals surface area contributed by atoms with Gasteiger partial charge < -0.3 is 5.73 Å². The highest BCUT2D eigenvalue weighted by atomic mass is 32.2. The van der Waals surface area contributed by atoms with Crippen molar-refractivity contribution in [2.24, 2.45) is 11.1 Å². The Labute approximate surface area is 122 Å². The summed E-state index contributed by atoms with van der Waals surface area (Å²) in [6, 6.07) is 0.783. The van der Waals surface area contributed by atoms with E-state index in [4.69, 9.17) is 5.73 Å². The second-order valence-corrected chi connectivity index (χ2v) is 8.41.